The highest BCUT2D eigenvalue weighted by Crippen LogP contribution is 2.13. The van der Waals surface area contributed by atoms with Gasteiger partial charge < -0.3 is 5.32 Å². The van der Waals surface area contributed by atoms with Crippen molar-refractivity contribution in [2.45, 2.75) is 39.0 Å². The number of ketones is 1. The van der Waals surface area contributed by atoms with Crippen LogP contribution in [0.1, 0.15) is 58.2 Å². The van der Waals surface area contributed by atoms with Crippen LogP contribution in [0.3, 0.4) is 0 Å². The first-order valence-electron chi connectivity index (χ1n) is 8.43. The first kappa shape index (κ1) is 17.9. The molecule has 0 saturated heterocycles. The number of Topliss-reactive ketones (excluding diaryl/α,β-unsaturated/α-hetero) is 1. The Morgan fingerprint density at radius 2 is 1.83 bits per heavy atom. The number of nitrogens with one attached hydrogen (secondary N) is 1. The van der Waals surface area contributed by atoms with Gasteiger partial charge in [0.1, 0.15) is 5.69 Å². The molecule has 1 aromatic carbocycles. The lowest BCUT2D eigenvalue weighted by molar-refractivity contribution is 0.0955. The third-order valence-corrected chi connectivity index (χ3v) is 3.99. The molecule has 0 bridgehead atoms. The van der Waals surface area contributed by atoms with E-state index >= 15 is 0 Å². The second kappa shape index (κ2) is 8.96. The van der Waals surface area contributed by atoms with Gasteiger partial charge in [0.2, 0.25) is 0 Å². The zero-order valence-electron chi connectivity index (χ0n) is 14.3. The number of unbranched alkanes of at least 4 members (excludes halogenated alkanes) is 1. The van der Waals surface area contributed by atoms with E-state index in [0.29, 0.717) is 12.1 Å². The van der Waals surface area contributed by atoms with Crippen LogP contribution < -0.4 is 5.32 Å². The standard InChI is InChI=1S/C20H24N2O2/c1-3-4-8-19(23)17-7-5-6-15(13-17)9-10-16-11-12-22-18(14-16)20(24)21-2/h5-7,11-14H,3-4,8-10H2,1-2H3,(H,21,24). The molecule has 4 heteroatoms. The Labute approximate surface area is 143 Å². The minimum Gasteiger partial charge on any atom is -0.354 e. The molecule has 0 aliphatic heterocycles. The van der Waals surface area contributed by atoms with Crippen LogP contribution in [0, 0.1) is 0 Å². The predicted molar refractivity (Wildman–Crippen MR) is 95.3 cm³/mol. The maximum atomic E-state index is 12.1. The van der Waals surface area contributed by atoms with Gasteiger partial charge in [0.05, 0.1) is 0 Å². The second-order valence-corrected chi connectivity index (χ2v) is 5.86. The van der Waals surface area contributed by atoms with Gasteiger partial charge >= 0.3 is 0 Å². The Hall–Kier alpha value is -2.49. The van der Waals surface area contributed by atoms with E-state index in [-0.39, 0.29) is 11.7 Å². The average molecular weight is 324 g/mol. The fourth-order valence-corrected chi connectivity index (χ4v) is 2.55. The number of carbonyl (C=O) groups is 2. The van der Waals surface area contributed by atoms with E-state index in [1.54, 1.807) is 13.2 Å². The number of carbonyl (C=O) groups excluding carboxylic acids is 2. The zero-order valence-corrected chi connectivity index (χ0v) is 14.3. The normalized spacial score (nSPS) is 10.4. The van der Waals surface area contributed by atoms with Crippen LogP contribution in [0.2, 0.25) is 0 Å². The highest BCUT2D eigenvalue weighted by Gasteiger charge is 2.08. The summed E-state index contributed by atoms with van der Waals surface area (Å²) in [5.41, 5.74) is 3.42. The van der Waals surface area contributed by atoms with Crippen LogP contribution in [0.5, 0.6) is 0 Å². The van der Waals surface area contributed by atoms with E-state index in [1.165, 1.54) is 0 Å². The highest BCUT2D eigenvalue weighted by molar-refractivity contribution is 5.96. The van der Waals surface area contributed by atoms with E-state index in [9.17, 15) is 9.59 Å². The summed E-state index contributed by atoms with van der Waals surface area (Å²) in [5, 5.41) is 2.58. The van der Waals surface area contributed by atoms with E-state index in [4.69, 9.17) is 0 Å². The molecule has 2 aromatic rings. The number of rotatable bonds is 8. The number of amides is 1. The fraction of sp³-hybridized carbons (Fsp3) is 0.350. The molecule has 0 aliphatic rings. The Morgan fingerprint density at radius 1 is 1.08 bits per heavy atom. The summed E-state index contributed by atoms with van der Waals surface area (Å²) >= 11 is 0. The topological polar surface area (TPSA) is 59.1 Å². The average Bonchev–Trinajstić information content (AvgIpc) is 2.64. The summed E-state index contributed by atoms with van der Waals surface area (Å²) in [7, 11) is 1.59. The summed E-state index contributed by atoms with van der Waals surface area (Å²) in [6.45, 7) is 2.09. The first-order chi connectivity index (χ1) is 11.6. The van der Waals surface area contributed by atoms with Crippen LogP contribution in [0.4, 0.5) is 0 Å². The Kier molecular flexibility index (Phi) is 6.67. The molecule has 0 fully saturated rings. The van der Waals surface area contributed by atoms with Gasteiger partial charge in [0, 0.05) is 25.2 Å². The van der Waals surface area contributed by atoms with E-state index in [1.807, 2.05) is 36.4 Å². The molecule has 1 N–H and O–H groups in total. The molecule has 126 valence electrons. The lowest BCUT2D eigenvalue weighted by atomic mass is 9.99. The molecular weight excluding hydrogens is 300 g/mol. The molecule has 24 heavy (non-hydrogen) atoms. The molecule has 0 unspecified atom stereocenters. The quantitative estimate of drug-likeness (QED) is 0.755. The third-order valence-electron chi connectivity index (χ3n) is 3.99. The maximum absolute atomic E-state index is 12.1. The van der Waals surface area contributed by atoms with Crippen LogP contribution in [-0.4, -0.2) is 23.7 Å². The van der Waals surface area contributed by atoms with Crippen molar-refractivity contribution in [2.75, 3.05) is 7.05 Å². The zero-order chi connectivity index (χ0) is 17.4. The van der Waals surface area contributed by atoms with Crippen molar-refractivity contribution >= 4 is 11.7 Å². The molecule has 0 spiro atoms. The molecule has 1 aromatic heterocycles. The molecule has 4 nitrogen and oxygen atoms in total. The minimum absolute atomic E-state index is 0.180. The van der Waals surface area contributed by atoms with Crippen LogP contribution >= 0.6 is 0 Å². The van der Waals surface area contributed by atoms with Crippen molar-refractivity contribution in [3.05, 3.63) is 65.0 Å². The first-order valence-corrected chi connectivity index (χ1v) is 8.43. The van der Waals surface area contributed by atoms with E-state index in [0.717, 1.165) is 42.4 Å². The number of nitrogens with zero attached hydrogens (tertiary/aromatic N) is 1. The molecule has 1 heterocycles. The lowest BCUT2D eigenvalue weighted by Crippen LogP contribution is -2.19. The number of hydrogen-bond acceptors (Lipinski definition) is 3. The van der Waals surface area contributed by atoms with Crippen molar-refractivity contribution in [1.29, 1.82) is 0 Å². The predicted octanol–water partition coefficient (Wildman–Crippen LogP) is 3.60. The van der Waals surface area contributed by atoms with Crippen molar-refractivity contribution in [1.82, 2.24) is 10.3 Å². The highest BCUT2D eigenvalue weighted by atomic mass is 16.1. The van der Waals surface area contributed by atoms with Crippen molar-refractivity contribution < 1.29 is 9.59 Å². The van der Waals surface area contributed by atoms with Gasteiger partial charge in [-0.05, 0) is 48.6 Å². The summed E-state index contributed by atoms with van der Waals surface area (Å²) in [5.74, 6) is 0.0323. The van der Waals surface area contributed by atoms with Gasteiger partial charge in [0.15, 0.2) is 5.78 Å². The fourth-order valence-electron chi connectivity index (χ4n) is 2.55. The van der Waals surface area contributed by atoms with Crippen LogP contribution in [-0.2, 0) is 12.8 Å². The largest absolute Gasteiger partial charge is 0.354 e. The Morgan fingerprint density at radius 3 is 2.54 bits per heavy atom. The van der Waals surface area contributed by atoms with Crippen molar-refractivity contribution in [3.8, 4) is 0 Å². The van der Waals surface area contributed by atoms with E-state index in [2.05, 4.69) is 17.2 Å². The van der Waals surface area contributed by atoms with Gasteiger partial charge in [-0.1, -0.05) is 31.5 Å². The van der Waals surface area contributed by atoms with Gasteiger partial charge in [-0.2, -0.15) is 0 Å². The lowest BCUT2D eigenvalue weighted by Gasteiger charge is -2.06. The number of benzene rings is 1. The number of hydrogen-bond donors (Lipinski definition) is 1. The van der Waals surface area contributed by atoms with Gasteiger partial charge in [-0.25, -0.2) is 0 Å². The maximum Gasteiger partial charge on any atom is 0.269 e. The van der Waals surface area contributed by atoms with Crippen molar-refractivity contribution in [3.63, 3.8) is 0 Å². The molecule has 0 atom stereocenters. The molecule has 0 aliphatic carbocycles. The Bertz CT molecular complexity index is 710. The van der Waals surface area contributed by atoms with Crippen LogP contribution in [0.25, 0.3) is 0 Å². The summed E-state index contributed by atoms with van der Waals surface area (Å²) in [6.07, 6.45) is 5.86. The smallest absolute Gasteiger partial charge is 0.269 e. The third kappa shape index (κ3) is 5.01. The molecule has 2 rings (SSSR count). The number of aromatic nitrogens is 1. The minimum atomic E-state index is -0.180. The number of pyridine rings is 1. The van der Waals surface area contributed by atoms with Crippen LogP contribution in [0.15, 0.2) is 42.6 Å². The summed E-state index contributed by atoms with van der Waals surface area (Å²) in [6, 6.07) is 11.6. The molecule has 1 amide bonds. The van der Waals surface area contributed by atoms with Gasteiger partial charge in [-0.15, -0.1) is 0 Å². The summed E-state index contributed by atoms with van der Waals surface area (Å²) < 4.78 is 0. The number of aryl methyl sites for hydroxylation is 2. The Balaban J connectivity index is 2.02. The molecular formula is C20H24N2O2. The SMILES string of the molecule is CCCCC(=O)c1cccc(CCc2ccnc(C(=O)NC)c2)c1. The molecule has 0 radical (unpaired) electrons. The summed E-state index contributed by atoms with van der Waals surface area (Å²) in [4.78, 5) is 27.8. The second-order valence-electron chi connectivity index (χ2n) is 5.86. The molecule has 0 saturated carbocycles. The monoisotopic (exact) mass is 324 g/mol. The van der Waals surface area contributed by atoms with Gasteiger partial charge in [-0.3, -0.25) is 14.6 Å². The van der Waals surface area contributed by atoms with Gasteiger partial charge in [0.25, 0.3) is 5.91 Å². The van der Waals surface area contributed by atoms with Crippen molar-refractivity contribution in [2.24, 2.45) is 0 Å². The van der Waals surface area contributed by atoms with E-state index < -0.39 is 0 Å².